The molecular weight excluding hydrogens is 293 g/mol. The Morgan fingerprint density at radius 2 is 2.00 bits per heavy atom. The van der Waals surface area contributed by atoms with Crippen molar-refractivity contribution in [3.05, 3.63) is 21.7 Å². The molecule has 1 aromatic rings. The Balaban J connectivity index is 0.000000963. The van der Waals surface area contributed by atoms with Crippen LogP contribution >= 0.6 is 28.3 Å². The highest BCUT2D eigenvalue weighted by atomic mass is 79.9. The minimum atomic E-state index is 0. The van der Waals surface area contributed by atoms with E-state index in [4.69, 9.17) is 9.47 Å². The number of nitrogens with one attached hydrogen (secondary N) is 1. The van der Waals surface area contributed by atoms with E-state index < -0.39 is 0 Å². The third-order valence-corrected chi connectivity index (χ3v) is 3.76. The zero-order valence-corrected chi connectivity index (χ0v) is 11.1. The van der Waals surface area contributed by atoms with E-state index in [0.717, 1.165) is 41.9 Å². The average Bonchev–Trinajstić information content (AvgIpc) is 2.56. The first-order valence-corrected chi connectivity index (χ1v) is 5.96. The summed E-state index contributed by atoms with van der Waals surface area (Å²) >= 11 is 3.62. The van der Waals surface area contributed by atoms with Crippen LogP contribution in [0.4, 0.5) is 0 Å². The van der Waals surface area contributed by atoms with Gasteiger partial charge in [0.25, 0.3) is 0 Å². The average molecular weight is 307 g/mol. The van der Waals surface area contributed by atoms with Gasteiger partial charge in [0.1, 0.15) is 0 Å². The maximum absolute atomic E-state index is 5.45. The first-order chi connectivity index (χ1) is 7.36. The molecule has 0 saturated carbocycles. The molecule has 2 aliphatic rings. The molecule has 3 nitrogen and oxygen atoms in total. The molecule has 3 rings (SSSR count). The summed E-state index contributed by atoms with van der Waals surface area (Å²) in [4.78, 5) is 0. The van der Waals surface area contributed by atoms with Gasteiger partial charge in [0.2, 0.25) is 6.79 Å². The van der Waals surface area contributed by atoms with Crippen LogP contribution in [0.5, 0.6) is 11.5 Å². The lowest BCUT2D eigenvalue weighted by Crippen LogP contribution is -2.16. The zero-order chi connectivity index (χ0) is 10.3. The largest absolute Gasteiger partial charge is 0.454 e. The molecule has 0 aromatic heterocycles. The predicted molar refractivity (Wildman–Crippen MR) is 67.8 cm³/mol. The van der Waals surface area contributed by atoms with Crippen molar-refractivity contribution in [2.45, 2.75) is 12.8 Å². The molecule has 5 heteroatoms. The van der Waals surface area contributed by atoms with Crippen molar-refractivity contribution >= 4 is 28.3 Å². The van der Waals surface area contributed by atoms with Gasteiger partial charge in [-0.05, 0) is 59.1 Å². The Labute approximate surface area is 109 Å². The van der Waals surface area contributed by atoms with Gasteiger partial charge in [0.05, 0.1) is 4.47 Å². The fourth-order valence-electron chi connectivity index (χ4n) is 2.15. The van der Waals surface area contributed by atoms with Crippen LogP contribution in [-0.4, -0.2) is 19.9 Å². The second kappa shape index (κ2) is 4.82. The van der Waals surface area contributed by atoms with E-state index in [-0.39, 0.29) is 12.4 Å². The molecule has 0 spiro atoms. The van der Waals surface area contributed by atoms with Gasteiger partial charge in [-0.2, -0.15) is 0 Å². The van der Waals surface area contributed by atoms with Crippen molar-refractivity contribution in [2.24, 2.45) is 0 Å². The summed E-state index contributed by atoms with van der Waals surface area (Å²) in [5.74, 6) is 1.75. The summed E-state index contributed by atoms with van der Waals surface area (Å²) < 4.78 is 11.9. The number of fused-ring (bicyclic) bond motifs is 2. The maximum atomic E-state index is 5.45. The molecule has 1 aromatic carbocycles. The highest BCUT2D eigenvalue weighted by Crippen LogP contribution is 2.43. The van der Waals surface area contributed by atoms with Crippen molar-refractivity contribution in [2.75, 3.05) is 19.9 Å². The summed E-state index contributed by atoms with van der Waals surface area (Å²) in [5, 5.41) is 3.39. The zero-order valence-electron chi connectivity index (χ0n) is 8.72. The van der Waals surface area contributed by atoms with Crippen LogP contribution in [0.2, 0.25) is 0 Å². The SMILES string of the molecule is Brc1c2c(cc3c1OCO3)CCNCC2.Cl. The number of halogens is 2. The quantitative estimate of drug-likeness (QED) is 0.798. The lowest BCUT2D eigenvalue weighted by molar-refractivity contribution is 0.173. The molecule has 0 fully saturated rings. The van der Waals surface area contributed by atoms with Crippen molar-refractivity contribution in [3.63, 3.8) is 0 Å². The molecule has 0 aliphatic carbocycles. The molecule has 88 valence electrons. The van der Waals surface area contributed by atoms with Gasteiger partial charge in [-0.3, -0.25) is 0 Å². The maximum Gasteiger partial charge on any atom is 0.231 e. The molecule has 1 N–H and O–H groups in total. The van der Waals surface area contributed by atoms with Crippen molar-refractivity contribution in [1.29, 1.82) is 0 Å². The summed E-state index contributed by atoms with van der Waals surface area (Å²) in [5.41, 5.74) is 2.74. The third-order valence-electron chi connectivity index (χ3n) is 2.92. The molecule has 0 amide bonds. The molecule has 0 bridgehead atoms. The van der Waals surface area contributed by atoms with Gasteiger partial charge in [-0.25, -0.2) is 0 Å². The molecule has 0 radical (unpaired) electrons. The van der Waals surface area contributed by atoms with Gasteiger partial charge < -0.3 is 14.8 Å². The van der Waals surface area contributed by atoms with E-state index in [9.17, 15) is 0 Å². The Morgan fingerprint density at radius 1 is 1.19 bits per heavy atom. The topological polar surface area (TPSA) is 30.5 Å². The normalized spacial score (nSPS) is 17.3. The Hall–Kier alpha value is -0.450. The van der Waals surface area contributed by atoms with E-state index in [1.54, 1.807) is 0 Å². The second-order valence-electron chi connectivity index (χ2n) is 3.81. The van der Waals surface area contributed by atoms with Crippen molar-refractivity contribution in [1.82, 2.24) is 5.32 Å². The molecule has 2 aliphatic heterocycles. The van der Waals surface area contributed by atoms with Crippen LogP contribution in [0, 0.1) is 0 Å². The van der Waals surface area contributed by atoms with Crippen molar-refractivity contribution in [3.8, 4) is 11.5 Å². The van der Waals surface area contributed by atoms with Crippen LogP contribution in [0.3, 0.4) is 0 Å². The van der Waals surface area contributed by atoms with Crippen molar-refractivity contribution < 1.29 is 9.47 Å². The lowest BCUT2D eigenvalue weighted by Gasteiger charge is -2.10. The summed E-state index contributed by atoms with van der Waals surface area (Å²) in [6.07, 6.45) is 2.11. The smallest absolute Gasteiger partial charge is 0.231 e. The molecule has 0 unspecified atom stereocenters. The Bertz CT molecular complexity index is 411. The van der Waals surface area contributed by atoms with E-state index in [1.807, 2.05) is 0 Å². The fraction of sp³-hybridized carbons (Fsp3) is 0.455. The minimum absolute atomic E-state index is 0. The van der Waals surface area contributed by atoms with Gasteiger partial charge >= 0.3 is 0 Å². The summed E-state index contributed by atoms with van der Waals surface area (Å²) in [6.45, 7) is 2.42. The lowest BCUT2D eigenvalue weighted by atomic mass is 10.0. The third kappa shape index (κ3) is 1.90. The Morgan fingerprint density at radius 3 is 2.88 bits per heavy atom. The summed E-state index contributed by atoms with van der Waals surface area (Å²) in [7, 11) is 0. The number of rotatable bonds is 0. The Kier molecular flexibility index (Phi) is 3.62. The number of hydrogen-bond acceptors (Lipinski definition) is 3. The van der Waals surface area contributed by atoms with Crippen LogP contribution in [0.25, 0.3) is 0 Å². The van der Waals surface area contributed by atoms with E-state index in [1.165, 1.54) is 11.1 Å². The van der Waals surface area contributed by atoms with Gasteiger partial charge in [-0.1, -0.05) is 0 Å². The molecule has 2 heterocycles. The van der Waals surface area contributed by atoms with E-state index in [0.29, 0.717) is 6.79 Å². The van der Waals surface area contributed by atoms with Gasteiger partial charge in [0, 0.05) is 0 Å². The molecule has 0 saturated heterocycles. The van der Waals surface area contributed by atoms with Crippen LogP contribution in [0.15, 0.2) is 10.5 Å². The molecular formula is C11H13BrClNO2. The highest BCUT2D eigenvalue weighted by molar-refractivity contribution is 9.10. The predicted octanol–water partition coefficient (Wildman–Crippen LogP) is 2.29. The van der Waals surface area contributed by atoms with E-state index in [2.05, 4.69) is 27.3 Å². The first kappa shape index (κ1) is 12.0. The monoisotopic (exact) mass is 305 g/mol. The minimum Gasteiger partial charge on any atom is -0.454 e. The first-order valence-electron chi connectivity index (χ1n) is 5.17. The molecule has 0 atom stereocenters. The number of ether oxygens (including phenoxy) is 2. The van der Waals surface area contributed by atoms with E-state index >= 15 is 0 Å². The standard InChI is InChI=1S/C11H12BrNO2.ClH/c12-10-8-2-4-13-3-1-7(8)5-9-11(10)15-6-14-9;/h5,13H,1-4,6H2;1H. The number of benzene rings is 1. The second-order valence-corrected chi connectivity index (χ2v) is 4.61. The van der Waals surface area contributed by atoms with Crippen LogP contribution < -0.4 is 14.8 Å². The molecule has 16 heavy (non-hydrogen) atoms. The van der Waals surface area contributed by atoms with Gasteiger partial charge in [0.15, 0.2) is 11.5 Å². The summed E-state index contributed by atoms with van der Waals surface area (Å²) in [6, 6.07) is 2.12. The number of hydrogen-bond donors (Lipinski definition) is 1. The highest BCUT2D eigenvalue weighted by Gasteiger charge is 2.23. The van der Waals surface area contributed by atoms with Gasteiger partial charge in [-0.15, -0.1) is 12.4 Å². The van der Waals surface area contributed by atoms with Crippen LogP contribution in [0.1, 0.15) is 11.1 Å². The van der Waals surface area contributed by atoms with Crippen LogP contribution in [-0.2, 0) is 12.8 Å². The fourth-order valence-corrected chi connectivity index (χ4v) is 2.91.